The third-order valence-corrected chi connectivity index (χ3v) is 4.66. The van der Waals surface area contributed by atoms with Gasteiger partial charge in [-0.3, -0.25) is 4.18 Å². The van der Waals surface area contributed by atoms with Crippen LogP contribution in [0.15, 0.2) is 23.2 Å². The van der Waals surface area contributed by atoms with Crippen LogP contribution < -0.4 is 0 Å². The SMILES string of the molecule is O=S(=O)(OCC1CCCCC1)c1ccc(Cl)nc1. The van der Waals surface area contributed by atoms with Gasteiger partial charge in [-0.25, -0.2) is 4.98 Å². The van der Waals surface area contributed by atoms with Gasteiger partial charge in [-0.2, -0.15) is 8.42 Å². The van der Waals surface area contributed by atoms with Gasteiger partial charge in [-0.05, 0) is 30.9 Å². The van der Waals surface area contributed by atoms with Crippen LogP contribution in [0.1, 0.15) is 32.1 Å². The number of hydrogen-bond donors (Lipinski definition) is 0. The molecule has 18 heavy (non-hydrogen) atoms. The molecule has 100 valence electrons. The average molecular weight is 290 g/mol. The van der Waals surface area contributed by atoms with E-state index in [4.69, 9.17) is 15.8 Å². The van der Waals surface area contributed by atoms with E-state index >= 15 is 0 Å². The van der Waals surface area contributed by atoms with Crippen molar-refractivity contribution in [3.63, 3.8) is 0 Å². The average Bonchev–Trinajstić information content (AvgIpc) is 2.38. The van der Waals surface area contributed by atoms with Gasteiger partial charge in [0.15, 0.2) is 0 Å². The summed E-state index contributed by atoms with van der Waals surface area (Å²) in [4.78, 5) is 3.80. The van der Waals surface area contributed by atoms with Crippen molar-refractivity contribution in [2.24, 2.45) is 5.92 Å². The van der Waals surface area contributed by atoms with Crippen molar-refractivity contribution in [2.75, 3.05) is 6.61 Å². The lowest BCUT2D eigenvalue weighted by molar-refractivity contribution is 0.213. The van der Waals surface area contributed by atoms with Crippen molar-refractivity contribution in [3.8, 4) is 0 Å². The molecule has 0 unspecified atom stereocenters. The summed E-state index contributed by atoms with van der Waals surface area (Å²) in [6, 6.07) is 2.85. The molecule has 1 aromatic heterocycles. The third-order valence-electron chi connectivity index (χ3n) is 3.17. The zero-order chi connectivity index (χ0) is 13.0. The highest BCUT2D eigenvalue weighted by atomic mass is 35.5. The minimum absolute atomic E-state index is 0.0581. The van der Waals surface area contributed by atoms with E-state index in [1.54, 1.807) is 0 Å². The number of hydrogen-bond acceptors (Lipinski definition) is 4. The van der Waals surface area contributed by atoms with Crippen LogP contribution in [0.3, 0.4) is 0 Å². The first-order valence-corrected chi connectivity index (χ1v) is 7.87. The number of halogens is 1. The fourth-order valence-electron chi connectivity index (χ4n) is 2.12. The van der Waals surface area contributed by atoms with E-state index in [9.17, 15) is 8.42 Å². The molecular formula is C12H16ClNO3S. The van der Waals surface area contributed by atoms with Crippen molar-refractivity contribution >= 4 is 21.7 Å². The maximum atomic E-state index is 11.9. The topological polar surface area (TPSA) is 56.3 Å². The number of pyridine rings is 1. The minimum Gasteiger partial charge on any atom is -0.266 e. The van der Waals surface area contributed by atoms with E-state index in [1.807, 2.05) is 0 Å². The molecule has 0 N–H and O–H groups in total. The first-order valence-electron chi connectivity index (χ1n) is 6.09. The molecule has 1 fully saturated rings. The fraction of sp³-hybridized carbons (Fsp3) is 0.583. The number of nitrogens with zero attached hydrogens (tertiary/aromatic N) is 1. The zero-order valence-electron chi connectivity index (χ0n) is 10.0. The molecule has 1 heterocycles. The van der Waals surface area contributed by atoms with E-state index in [1.165, 1.54) is 24.8 Å². The van der Waals surface area contributed by atoms with Gasteiger partial charge in [0.2, 0.25) is 0 Å². The quantitative estimate of drug-likeness (QED) is 0.631. The van der Waals surface area contributed by atoms with Gasteiger partial charge in [0.05, 0.1) is 6.61 Å². The summed E-state index contributed by atoms with van der Waals surface area (Å²) in [6.45, 7) is 0.269. The molecule has 1 aromatic rings. The molecule has 0 aliphatic heterocycles. The van der Waals surface area contributed by atoms with Crippen LogP contribution in [0.25, 0.3) is 0 Å². The smallest absolute Gasteiger partial charge is 0.266 e. The number of aromatic nitrogens is 1. The summed E-state index contributed by atoms with van der Waals surface area (Å²) < 4.78 is 28.8. The number of rotatable bonds is 4. The predicted octanol–water partition coefficient (Wildman–Crippen LogP) is 3.02. The molecule has 4 nitrogen and oxygen atoms in total. The highest BCUT2D eigenvalue weighted by Gasteiger charge is 2.20. The van der Waals surface area contributed by atoms with Crippen LogP contribution in [0.2, 0.25) is 5.15 Å². The third kappa shape index (κ3) is 3.67. The highest BCUT2D eigenvalue weighted by Crippen LogP contribution is 2.25. The van der Waals surface area contributed by atoms with E-state index < -0.39 is 10.1 Å². The maximum Gasteiger partial charge on any atom is 0.298 e. The molecule has 0 spiro atoms. The van der Waals surface area contributed by atoms with E-state index in [-0.39, 0.29) is 16.7 Å². The summed E-state index contributed by atoms with van der Waals surface area (Å²) >= 11 is 5.61. The molecule has 6 heteroatoms. The van der Waals surface area contributed by atoms with Gasteiger partial charge in [0, 0.05) is 6.20 Å². The normalized spacial score (nSPS) is 17.8. The van der Waals surface area contributed by atoms with Gasteiger partial charge in [0.25, 0.3) is 10.1 Å². The predicted molar refractivity (Wildman–Crippen MR) is 69.0 cm³/mol. The van der Waals surface area contributed by atoms with Crippen LogP contribution in [0.5, 0.6) is 0 Å². The van der Waals surface area contributed by atoms with E-state index in [2.05, 4.69) is 4.98 Å². The molecule has 0 radical (unpaired) electrons. The second-order valence-corrected chi connectivity index (χ2v) is 6.56. The zero-order valence-corrected chi connectivity index (χ0v) is 11.6. The van der Waals surface area contributed by atoms with Crippen LogP contribution >= 0.6 is 11.6 Å². The molecule has 0 bridgehead atoms. The Bertz CT molecular complexity index is 481. The molecule has 1 aliphatic rings. The monoisotopic (exact) mass is 289 g/mol. The summed E-state index contributed by atoms with van der Waals surface area (Å²) in [5.74, 6) is 0.355. The van der Waals surface area contributed by atoms with Crippen molar-refractivity contribution in [2.45, 2.75) is 37.0 Å². The van der Waals surface area contributed by atoms with Gasteiger partial charge >= 0.3 is 0 Å². The van der Waals surface area contributed by atoms with Gasteiger partial charge in [-0.15, -0.1) is 0 Å². The molecule has 1 saturated carbocycles. The van der Waals surface area contributed by atoms with Crippen molar-refractivity contribution < 1.29 is 12.6 Å². The standard InChI is InChI=1S/C12H16ClNO3S/c13-12-7-6-11(8-14-12)18(15,16)17-9-10-4-2-1-3-5-10/h6-8,10H,1-5,9H2. The summed E-state index contributed by atoms with van der Waals surface area (Å²) in [7, 11) is -3.70. The van der Waals surface area contributed by atoms with E-state index in [0.29, 0.717) is 5.92 Å². The van der Waals surface area contributed by atoms with Crippen LogP contribution in [0, 0.1) is 5.92 Å². The maximum absolute atomic E-state index is 11.9. The Morgan fingerprint density at radius 2 is 2.00 bits per heavy atom. The van der Waals surface area contributed by atoms with Crippen molar-refractivity contribution in [1.82, 2.24) is 4.98 Å². The molecule has 0 aromatic carbocycles. The second kappa shape index (κ2) is 5.99. The fourth-order valence-corrected chi connectivity index (χ4v) is 3.15. The molecule has 1 aliphatic carbocycles. The molecule has 0 atom stereocenters. The minimum atomic E-state index is -3.70. The Morgan fingerprint density at radius 1 is 1.28 bits per heavy atom. The highest BCUT2D eigenvalue weighted by molar-refractivity contribution is 7.86. The summed E-state index contributed by atoms with van der Waals surface area (Å²) in [5, 5.41) is 0.265. The van der Waals surface area contributed by atoms with Crippen LogP contribution in [0.4, 0.5) is 0 Å². The Kier molecular flexibility index (Phi) is 4.59. The van der Waals surface area contributed by atoms with E-state index in [0.717, 1.165) is 25.7 Å². The molecular weight excluding hydrogens is 274 g/mol. The van der Waals surface area contributed by atoms with Gasteiger partial charge in [-0.1, -0.05) is 30.9 Å². The summed E-state index contributed by atoms with van der Waals surface area (Å²) in [6.07, 6.45) is 6.89. The first kappa shape index (κ1) is 13.8. The molecule has 0 saturated heterocycles. The van der Waals surface area contributed by atoms with Crippen molar-refractivity contribution in [3.05, 3.63) is 23.5 Å². The lowest BCUT2D eigenvalue weighted by Crippen LogP contribution is -2.17. The second-order valence-electron chi connectivity index (χ2n) is 4.56. The Hall–Kier alpha value is -0.650. The van der Waals surface area contributed by atoms with Gasteiger partial charge < -0.3 is 0 Å². The Balaban J connectivity index is 1.96. The van der Waals surface area contributed by atoms with Crippen LogP contribution in [-0.2, 0) is 14.3 Å². The Labute approximate surface area is 112 Å². The molecule has 2 rings (SSSR count). The van der Waals surface area contributed by atoms with Crippen LogP contribution in [-0.4, -0.2) is 20.0 Å². The molecule has 0 amide bonds. The van der Waals surface area contributed by atoms with Crippen molar-refractivity contribution in [1.29, 1.82) is 0 Å². The lowest BCUT2D eigenvalue weighted by Gasteiger charge is -2.20. The largest absolute Gasteiger partial charge is 0.298 e. The Morgan fingerprint density at radius 3 is 2.61 bits per heavy atom. The van der Waals surface area contributed by atoms with Gasteiger partial charge in [0.1, 0.15) is 10.0 Å². The lowest BCUT2D eigenvalue weighted by atomic mass is 9.90. The summed E-state index contributed by atoms with van der Waals surface area (Å²) in [5.41, 5.74) is 0. The first-order chi connectivity index (χ1) is 8.58.